The number of sulfonamides is 1. The summed E-state index contributed by atoms with van der Waals surface area (Å²) in [6.07, 6.45) is 5.11. The van der Waals surface area contributed by atoms with Gasteiger partial charge in [0.15, 0.2) is 0 Å². The van der Waals surface area contributed by atoms with Crippen LogP contribution in [0.5, 0.6) is 5.75 Å². The lowest BCUT2D eigenvalue weighted by molar-refractivity contribution is -0.139. The summed E-state index contributed by atoms with van der Waals surface area (Å²) in [6.45, 7) is 5.08. The Labute approximate surface area is 214 Å². The fourth-order valence-electron chi connectivity index (χ4n) is 4.68. The van der Waals surface area contributed by atoms with Crippen LogP contribution < -0.4 is 14.4 Å². The lowest BCUT2D eigenvalue weighted by Crippen LogP contribution is -2.52. The third-order valence-electron chi connectivity index (χ3n) is 6.75. The molecule has 1 aliphatic carbocycles. The van der Waals surface area contributed by atoms with Crippen molar-refractivity contribution in [1.82, 2.24) is 10.2 Å². The lowest BCUT2D eigenvalue weighted by Gasteiger charge is -2.33. The fraction of sp³-hybridized carbons (Fsp3) is 0.481. The average Bonchev–Trinajstić information content (AvgIpc) is 3.34. The van der Waals surface area contributed by atoms with Crippen LogP contribution in [-0.2, 0) is 26.2 Å². The van der Waals surface area contributed by atoms with Crippen molar-refractivity contribution in [3.8, 4) is 5.75 Å². The van der Waals surface area contributed by atoms with Gasteiger partial charge in [-0.2, -0.15) is 0 Å². The molecule has 1 aliphatic rings. The number of methoxy groups -OCH3 is 1. The fourth-order valence-corrected chi connectivity index (χ4v) is 5.64. The number of hydrogen-bond donors (Lipinski definition) is 1. The zero-order valence-electron chi connectivity index (χ0n) is 21.8. The van der Waals surface area contributed by atoms with Gasteiger partial charge in [-0.15, -0.1) is 0 Å². The number of aryl methyl sites for hydroxylation is 2. The molecule has 2 aromatic rings. The number of carbonyl (C=O) groups is 2. The molecule has 36 heavy (non-hydrogen) atoms. The highest BCUT2D eigenvalue weighted by Gasteiger charge is 2.32. The van der Waals surface area contributed by atoms with Crippen LogP contribution >= 0.6 is 0 Å². The second-order valence-corrected chi connectivity index (χ2v) is 11.5. The van der Waals surface area contributed by atoms with Crippen LogP contribution in [0.25, 0.3) is 0 Å². The molecule has 0 aromatic heterocycles. The topological polar surface area (TPSA) is 96.0 Å². The first kappa shape index (κ1) is 27.5. The van der Waals surface area contributed by atoms with Crippen molar-refractivity contribution in [2.24, 2.45) is 0 Å². The normalized spacial score (nSPS) is 14.8. The summed E-state index contributed by atoms with van der Waals surface area (Å²) in [5.74, 6) is -0.00311. The average molecular weight is 516 g/mol. The molecule has 0 radical (unpaired) electrons. The number of anilines is 1. The highest BCUT2D eigenvalue weighted by Crippen LogP contribution is 2.27. The van der Waals surface area contributed by atoms with Gasteiger partial charge in [-0.3, -0.25) is 13.9 Å². The Hall–Kier alpha value is -3.07. The maximum atomic E-state index is 13.7. The van der Waals surface area contributed by atoms with E-state index in [-0.39, 0.29) is 18.5 Å². The van der Waals surface area contributed by atoms with E-state index in [1.807, 2.05) is 44.2 Å². The van der Waals surface area contributed by atoms with Crippen molar-refractivity contribution in [3.05, 3.63) is 59.2 Å². The smallest absolute Gasteiger partial charge is 0.244 e. The largest absolute Gasteiger partial charge is 0.497 e. The standard InChI is InChI=1S/C27H37N3O5S/c1-19-9-8-10-20(2)26(19)30(36(5,33)34)18-25(31)29(17-22-13-15-24(35-4)16-14-22)21(3)27(32)28-23-11-6-7-12-23/h8-10,13-16,21,23H,6-7,11-12,17-18H2,1-5H3,(H,28,32)/t21-/m0/s1. The number of rotatable bonds is 10. The van der Waals surface area contributed by atoms with Crippen molar-refractivity contribution >= 4 is 27.5 Å². The third kappa shape index (κ3) is 6.78. The van der Waals surface area contributed by atoms with Crippen molar-refractivity contribution in [2.75, 3.05) is 24.2 Å². The molecular formula is C27H37N3O5S. The van der Waals surface area contributed by atoms with Crippen LogP contribution in [-0.4, -0.2) is 57.1 Å². The number of nitrogens with zero attached hydrogens (tertiary/aromatic N) is 2. The number of ether oxygens (including phenoxy) is 1. The first-order valence-electron chi connectivity index (χ1n) is 12.3. The Balaban J connectivity index is 1.91. The van der Waals surface area contributed by atoms with Crippen LogP contribution in [0.3, 0.4) is 0 Å². The molecule has 0 unspecified atom stereocenters. The molecule has 9 heteroatoms. The van der Waals surface area contributed by atoms with Gasteiger partial charge in [0.2, 0.25) is 21.8 Å². The number of nitrogens with one attached hydrogen (secondary N) is 1. The van der Waals surface area contributed by atoms with E-state index in [0.717, 1.165) is 52.9 Å². The molecule has 1 N–H and O–H groups in total. The number of benzene rings is 2. The molecule has 1 atom stereocenters. The molecule has 1 fully saturated rings. The van der Waals surface area contributed by atoms with E-state index in [4.69, 9.17) is 4.74 Å². The van der Waals surface area contributed by atoms with E-state index in [0.29, 0.717) is 11.4 Å². The minimum atomic E-state index is -3.77. The Kier molecular flexibility index (Phi) is 9.00. The molecular weight excluding hydrogens is 478 g/mol. The molecule has 0 bridgehead atoms. The van der Waals surface area contributed by atoms with Crippen LogP contribution in [0, 0.1) is 13.8 Å². The van der Waals surface area contributed by atoms with Gasteiger partial charge in [0.05, 0.1) is 19.1 Å². The highest BCUT2D eigenvalue weighted by atomic mass is 32.2. The monoisotopic (exact) mass is 515 g/mol. The van der Waals surface area contributed by atoms with E-state index in [9.17, 15) is 18.0 Å². The first-order valence-corrected chi connectivity index (χ1v) is 14.1. The van der Waals surface area contributed by atoms with E-state index in [1.165, 1.54) is 4.90 Å². The SMILES string of the molecule is COc1ccc(CN(C(=O)CN(c2c(C)cccc2C)S(C)(=O)=O)[C@@H](C)C(=O)NC2CCCC2)cc1. The molecule has 3 rings (SSSR count). The van der Waals surface area contributed by atoms with Crippen molar-refractivity contribution < 1.29 is 22.7 Å². The molecule has 0 saturated heterocycles. The summed E-state index contributed by atoms with van der Waals surface area (Å²) in [6, 6.07) is 12.1. The van der Waals surface area contributed by atoms with Gasteiger partial charge in [-0.1, -0.05) is 43.2 Å². The molecule has 8 nitrogen and oxygen atoms in total. The van der Waals surface area contributed by atoms with Gasteiger partial charge in [-0.05, 0) is 62.4 Å². The first-order chi connectivity index (χ1) is 17.0. The minimum absolute atomic E-state index is 0.111. The molecule has 2 amide bonds. The van der Waals surface area contributed by atoms with Crippen molar-refractivity contribution in [1.29, 1.82) is 0 Å². The number of amides is 2. The van der Waals surface area contributed by atoms with Crippen molar-refractivity contribution in [2.45, 2.75) is 65.1 Å². The summed E-state index contributed by atoms with van der Waals surface area (Å²) in [7, 11) is -2.19. The number of para-hydroxylation sites is 1. The van der Waals surface area contributed by atoms with Crippen molar-refractivity contribution in [3.63, 3.8) is 0 Å². The number of hydrogen-bond acceptors (Lipinski definition) is 5. The zero-order valence-corrected chi connectivity index (χ0v) is 22.6. The van der Waals surface area contributed by atoms with Crippen LogP contribution in [0.4, 0.5) is 5.69 Å². The van der Waals surface area contributed by atoms with Crippen LogP contribution in [0.15, 0.2) is 42.5 Å². The Bertz CT molecular complexity index is 1150. The van der Waals surface area contributed by atoms with Gasteiger partial charge in [0, 0.05) is 12.6 Å². The lowest BCUT2D eigenvalue weighted by atomic mass is 10.1. The Morgan fingerprint density at radius 2 is 1.64 bits per heavy atom. The third-order valence-corrected chi connectivity index (χ3v) is 7.86. The predicted molar refractivity (Wildman–Crippen MR) is 142 cm³/mol. The van der Waals surface area contributed by atoms with E-state index >= 15 is 0 Å². The van der Waals surface area contributed by atoms with Gasteiger partial charge >= 0.3 is 0 Å². The molecule has 196 valence electrons. The molecule has 0 spiro atoms. The van der Waals surface area contributed by atoms with E-state index < -0.39 is 28.5 Å². The van der Waals surface area contributed by atoms with Gasteiger partial charge in [0.25, 0.3) is 0 Å². The van der Waals surface area contributed by atoms with Gasteiger partial charge in [-0.25, -0.2) is 8.42 Å². The molecule has 1 saturated carbocycles. The van der Waals surface area contributed by atoms with E-state index in [2.05, 4.69) is 5.32 Å². The molecule has 0 heterocycles. The summed E-state index contributed by atoms with van der Waals surface area (Å²) in [4.78, 5) is 28.3. The maximum Gasteiger partial charge on any atom is 0.244 e. The summed E-state index contributed by atoms with van der Waals surface area (Å²) >= 11 is 0. The quantitative estimate of drug-likeness (QED) is 0.522. The maximum absolute atomic E-state index is 13.7. The zero-order chi connectivity index (χ0) is 26.5. The minimum Gasteiger partial charge on any atom is -0.497 e. The summed E-state index contributed by atoms with van der Waals surface area (Å²) in [5, 5.41) is 3.07. The van der Waals surface area contributed by atoms with Gasteiger partial charge < -0.3 is 15.0 Å². The second-order valence-electron chi connectivity index (χ2n) is 9.55. The summed E-state index contributed by atoms with van der Waals surface area (Å²) < 4.78 is 32.0. The Morgan fingerprint density at radius 1 is 1.06 bits per heavy atom. The Morgan fingerprint density at radius 3 is 2.17 bits per heavy atom. The van der Waals surface area contributed by atoms with E-state index in [1.54, 1.807) is 26.2 Å². The molecule has 0 aliphatic heterocycles. The van der Waals surface area contributed by atoms with Crippen LogP contribution in [0.2, 0.25) is 0 Å². The molecule has 2 aromatic carbocycles. The van der Waals surface area contributed by atoms with Crippen LogP contribution in [0.1, 0.15) is 49.3 Å². The van der Waals surface area contributed by atoms with Gasteiger partial charge in [0.1, 0.15) is 18.3 Å². The summed E-state index contributed by atoms with van der Waals surface area (Å²) in [5.41, 5.74) is 2.80. The number of carbonyl (C=O) groups excluding carboxylic acids is 2. The second kappa shape index (κ2) is 11.8. The highest BCUT2D eigenvalue weighted by molar-refractivity contribution is 7.92. The predicted octanol–water partition coefficient (Wildman–Crippen LogP) is 3.55.